The predicted octanol–water partition coefficient (Wildman–Crippen LogP) is 6.41. The summed E-state index contributed by atoms with van der Waals surface area (Å²) in [4.78, 5) is 15.0. The van der Waals surface area contributed by atoms with Crippen molar-refractivity contribution in [2.24, 2.45) is 5.92 Å². The Bertz CT molecular complexity index is 1370. The standard InChI is InChI=1S/C30H32Cl2N4O3S/c31-25-2-1-3-26(32)29(25)36-27(24(14-33-36)18-4-5-18)17-39-28-13-22-12-20(28)15-35(22)21-8-6-19(7-9-21)30(37)34-40-23-10-11-38-16-23/h1-3,6-9,14,18,20,22-23,28H,4-5,10-13,15-17H2,(H,34,37)/t20-,22-,23?,28+/m0/s1. The van der Waals surface area contributed by atoms with Crippen LogP contribution in [0.2, 0.25) is 10.0 Å². The number of amides is 1. The van der Waals surface area contributed by atoms with E-state index in [0.29, 0.717) is 52.0 Å². The van der Waals surface area contributed by atoms with Crippen molar-refractivity contribution in [3.05, 3.63) is 75.5 Å². The van der Waals surface area contributed by atoms with Gasteiger partial charge in [-0.1, -0.05) is 29.3 Å². The molecule has 4 aliphatic rings. The maximum Gasteiger partial charge on any atom is 0.261 e. The molecule has 0 radical (unpaired) electrons. The first-order valence-electron chi connectivity index (χ1n) is 14.1. The number of fused-ring (bicyclic) bond motifs is 2. The van der Waals surface area contributed by atoms with Crippen LogP contribution in [0.15, 0.2) is 48.7 Å². The summed E-state index contributed by atoms with van der Waals surface area (Å²) in [6, 6.07) is 14.0. The van der Waals surface area contributed by atoms with E-state index in [1.807, 2.05) is 41.2 Å². The Hall–Kier alpha value is -2.23. The molecule has 3 heterocycles. The Morgan fingerprint density at radius 3 is 2.58 bits per heavy atom. The largest absolute Gasteiger partial charge is 0.380 e. The first-order valence-corrected chi connectivity index (χ1v) is 15.7. The van der Waals surface area contributed by atoms with E-state index < -0.39 is 0 Å². The average Bonchev–Trinajstić information content (AvgIpc) is 3.33. The van der Waals surface area contributed by atoms with Crippen molar-refractivity contribution in [3.8, 4) is 5.69 Å². The highest BCUT2D eigenvalue weighted by Crippen LogP contribution is 2.45. The number of anilines is 1. The van der Waals surface area contributed by atoms with Gasteiger partial charge in [-0.05, 0) is 91.9 Å². The minimum atomic E-state index is -0.0530. The molecule has 2 aromatic carbocycles. The summed E-state index contributed by atoms with van der Waals surface area (Å²) in [5.74, 6) is 0.968. The Morgan fingerprint density at radius 2 is 1.90 bits per heavy atom. The molecule has 7 nitrogen and oxygen atoms in total. The summed E-state index contributed by atoms with van der Waals surface area (Å²) >= 11 is 14.6. The SMILES string of the molecule is O=C(NSC1CCOC1)c1ccc(N2C[C@@H]3C[C@H]2C[C@H]3OCc2c(C3CC3)cnn2-c2c(Cl)cccc2Cl)cc1. The summed E-state index contributed by atoms with van der Waals surface area (Å²) in [7, 11) is 0. The minimum Gasteiger partial charge on any atom is -0.380 e. The number of rotatable bonds is 9. The van der Waals surface area contributed by atoms with Crippen LogP contribution < -0.4 is 9.62 Å². The van der Waals surface area contributed by atoms with E-state index in [1.54, 1.807) is 0 Å². The normalized spacial score (nSPS) is 25.6. The molecule has 1 unspecified atom stereocenters. The van der Waals surface area contributed by atoms with Crippen LogP contribution >= 0.6 is 35.1 Å². The number of ether oxygens (including phenoxy) is 2. The molecule has 2 saturated carbocycles. The molecule has 2 aliphatic carbocycles. The van der Waals surface area contributed by atoms with Crippen molar-refractivity contribution >= 4 is 46.7 Å². The van der Waals surface area contributed by atoms with E-state index in [0.717, 1.165) is 43.8 Å². The maximum absolute atomic E-state index is 12.6. The van der Waals surface area contributed by atoms with Gasteiger partial charge in [-0.25, -0.2) is 4.68 Å². The minimum absolute atomic E-state index is 0.0530. The van der Waals surface area contributed by atoms with E-state index >= 15 is 0 Å². The van der Waals surface area contributed by atoms with Crippen LogP contribution in [0.3, 0.4) is 0 Å². The molecule has 7 rings (SSSR count). The third-order valence-corrected chi connectivity index (χ3v) is 10.3. The number of hydrogen-bond donors (Lipinski definition) is 1. The Balaban J connectivity index is 0.984. The highest BCUT2D eigenvalue weighted by atomic mass is 35.5. The lowest BCUT2D eigenvalue weighted by molar-refractivity contribution is 0.00993. The molecule has 1 amide bonds. The van der Waals surface area contributed by atoms with E-state index in [-0.39, 0.29) is 12.0 Å². The monoisotopic (exact) mass is 598 g/mol. The van der Waals surface area contributed by atoms with Crippen LogP contribution in [0.5, 0.6) is 0 Å². The fraction of sp³-hybridized carbons (Fsp3) is 0.467. The van der Waals surface area contributed by atoms with E-state index in [1.165, 1.54) is 36.0 Å². The molecular weight excluding hydrogens is 567 g/mol. The number of hydrogen-bond acceptors (Lipinski definition) is 6. The van der Waals surface area contributed by atoms with Crippen LogP contribution in [0.25, 0.3) is 5.69 Å². The van der Waals surface area contributed by atoms with E-state index in [9.17, 15) is 4.79 Å². The van der Waals surface area contributed by atoms with Gasteiger partial charge in [0.25, 0.3) is 5.91 Å². The van der Waals surface area contributed by atoms with Gasteiger partial charge < -0.3 is 14.4 Å². The van der Waals surface area contributed by atoms with Crippen molar-refractivity contribution in [1.82, 2.24) is 14.5 Å². The van der Waals surface area contributed by atoms with Gasteiger partial charge in [0.05, 0.1) is 46.5 Å². The third-order valence-electron chi connectivity index (χ3n) is 8.65. The fourth-order valence-corrected chi connectivity index (χ4v) is 7.70. The summed E-state index contributed by atoms with van der Waals surface area (Å²) < 4.78 is 16.8. The Kier molecular flexibility index (Phi) is 7.47. The van der Waals surface area contributed by atoms with Gasteiger partial charge in [0.1, 0.15) is 5.69 Å². The molecule has 4 atom stereocenters. The smallest absolute Gasteiger partial charge is 0.261 e. The quantitative estimate of drug-likeness (QED) is 0.287. The van der Waals surface area contributed by atoms with E-state index in [4.69, 9.17) is 32.7 Å². The molecule has 2 saturated heterocycles. The average molecular weight is 600 g/mol. The first kappa shape index (κ1) is 26.7. The highest BCUT2D eigenvalue weighted by Gasteiger charge is 2.45. The third kappa shape index (κ3) is 5.25. The lowest BCUT2D eigenvalue weighted by atomic mass is 10.0. The number of nitrogens with zero attached hydrogens (tertiary/aromatic N) is 3. The van der Waals surface area contributed by atoms with E-state index in [2.05, 4.69) is 26.9 Å². The number of piperidine rings is 1. The van der Waals surface area contributed by atoms with Crippen molar-refractivity contribution in [3.63, 3.8) is 0 Å². The zero-order valence-electron chi connectivity index (χ0n) is 22.1. The second-order valence-corrected chi connectivity index (χ2v) is 13.2. The van der Waals surface area contributed by atoms with Crippen LogP contribution in [0.1, 0.15) is 59.6 Å². The molecule has 40 heavy (non-hydrogen) atoms. The van der Waals surface area contributed by atoms with Crippen LogP contribution in [-0.4, -0.2) is 52.8 Å². The van der Waals surface area contributed by atoms with Gasteiger partial charge in [0.15, 0.2) is 0 Å². The van der Waals surface area contributed by atoms with Gasteiger partial charge >= 0.3 is 0 Å². The highest BCUT2D eigenvalue weighted by molar-refractivity contribution is 7.98. The summed E-state index contributed by atoms with van der Waals surface area (Å²) in [5, 5.41) is 6.20. The van der Waals surface area contributed by atoms with Crippen LogP contribution in [0, 0.1) is 5.92 Å². The molecule has 1 N–H and O–H groups in total. The fourth-order valence-electron chi connectivity index (χ4n) is 6.37. The molecule has 210 valence electrons. The Morgan fingerprint density at radius 1 is 1.10 bits per heavy atom. The Labute approximate surface area is 248 Å². The summed E-state index contributed by atoms with van der Waals surface area (Å²) in [6.45, 7) is 2.93. The molecular formula is C30H32Cl2N4O3S. The van der Waals surface area contributed by atoms with Crippen molar-refractivity contribution in [1.29, 1.82) is 0 Å². The van der Waals surface area contributed by atoms with Crippen molar-refractivity contribution in [2.75, 3.05) is 24.7 Å². The number of carbonyl (C=O) groups is 1. The van der Waals surface area contributed by atoms with Crippen molar-refractivity contribution < 1.29 is 14.3 Å². The van der Waals surface area contributed by atoms with Gasteiger partial charge in [0.2, 0.25) is 0 Å². The lowest BCUT2D eigenvalue weighted by Crippen LogP contribution is -2.38. The molecule has 1 aromatic heterocycles. The molecule has 2 aliphatic heterocycles. The first-order chi connectivity index (χ1) is 19.5. The van der Waals surface area contributed by atoms with Crippen LogP contribution in [-0.2, 0) is 16.1 Å². The van der Waals surface area contributed by atoms with Crippen molar-refractivity contribution in [2.45, 2.75) is 62.0 Å². The number of carbonyl (C=O) groups excluding carboxylic acids is 1. The van der Waals surface area contributed by atoms with Crippen LogP contribution in [0.4, 0.5) is 5.69 Å². The van der Waals surface area contributed by atoms with Gasteiger partial charge in [0, 0.05) is 36.4 Å². The molecule has 10 heteroatoms. The number of halogens is 2. The predicted molar refractivity (Wildman–Crippen MR) is 159 cm³/mol. The molecule has 0 spiro atoms. The number of nitrogens with one attached hydrogen (secondary N) is 1. The van der Waals surface area contributed by atoms with Gasteiger partial charge in [-0.15, -0.1) is 0 Å². The molecule has 3 aromatic rings. The summed E-state index contributed by atoms with van der Waals surface area (Å²) in [6.07, 6.45) is 7.64. The zero-order chi connectivity index (χ0) is 27.2. The van der Waals surface area contributed by atoms with Gasteiger partial charge in [-0.3, -0.25) is 9.52 Å². The number of aromatic nitrogens is 2. The maximum atomic E-state index is 12.6. The topological polar surface area (TPSA) is 68.6 Å². The molecule has 4 fully saturated rings. The number of para-hydroxylation sites is 1. The second kappa shape index (κ2) is 11.2. The molecule has 2 bridgehead atoms. The van der Waals surface area contributed by atoms with Gasteiger partial charge in [-0.2, -0.15) is 5.10 Å². The lowest BCUT2D eigenvalue weighted by Gasteiger charge is -2.33. The second-order valence-electron chi connectivity index (χ2n) is 11.3. The number of benzene rings is 2. The summed E-state index contributed by atoms with van der Waals surface area (Å²) in [5.41, 5.74) is 4.88. The zero-order valence-corrected chi connectivity index (χ0v) is 24.4.